The quantitative estimate of drug-likeness (QED) is 0.429. The second-order valence-corrected chi connectivity index (χ2v) is 7.61. The number of hydrogen-bond acceptors (Lipinski definition) is 4. The van der Waals surface area contributed by atoms with Gasteiger partial charge in [-0.1, -0.05) is 30.3 Å². The Labute approximate surface area is 190 Å². The first-order valence-corrected chi connectivity index (χ1v) is 10.5. The van der Waals surface area contributed by atoms with E-state index < -0.39 is 0 Å². The summed E-state index contributed by atoms with van der Waals surface area (Å²) in [7, 11) is 1.55. The van der Waals surface area contributed by atoms with Crippen LogP contribution in [-0.4, -0.2) is 17.6 Å². The van der Waals surface area contributed by atoms with Crippen LogP contribution in [0.5, 0.6) is 5.75 Å². The van der Waals surface area contributed by atoms with Crippen molar-refractivity contribution in [2.45, 2.75) is 19.6 Å². The number of amides is 1. The van der Waals surface area contributed by atoms with Gasteiger partial charge in [-0.2, -0.15) is 0 Å². The number of rotatable bonds is 8. The Morgan fingerprint density at radius 3 is 2.45 bits per heavy atom. The molecule has 1 aromatic heterocycles. The van der Waals surface area contributed by atoms with Crippen molar-refractivity contribution in [3.05, 3.63) is 106 Å². The van der Waals surface area contributed by atoms with Crippen molar-refractivity contribution in [2.75, 3.05) is 12.4 Å². The molecule has 0 spiro atoms. The van der Waals surface area contributed by atoms with Crippen molar-refractivity contribution in [1.82, 2.24) is 9.88 Å². The smallest absolute Gasteiger partial charge is 0.256 e. The van der Waals surface area contributed by atoms with E-state index in [2.05, 4.69) is 10.6 Å². The largest absolute Gasteiger partial charge is 0.497 e. The molecule has 168 valence electrons. The van der Waals surface area contributed by atoms with Crippen molar-refractivity contribution in [2.24, 2.45) is 0 Å². The molecule has 0 atom stereocenters. The fraction of sp³-hybridized carbons (Fsp3) is 0.154. The fourth-order valence-electron chi connectivity index (χ4n) is 3.58. The molecule has 0 radical (unpaired) electrons. The lowest BCUT2D eigenvalue weighted by molar-refractivity contribution is -0.121. The van der Waals surface area contributed by atoms with Crippen LogP contribution in [-0.2, 0) is 24.4 Å². The van der Waals surface area contributed by atoms with Crippen molar-refractivity contribution in [1.29, 1.82) is 0 Å². The average Bonchev–Trinajstić information content (AvgIpc) is 2.84. The number of benzene rings is 3. The number of halogens is 1. The molecule has 2 N–H and O–H groups in total. The third-order valence-corrected chi connectivity index (χ3v) is 5.34. The van der Waals surface area contributed by atoms with Crippen molar-refractivity contribution >= 4 is 22.5 Å². The molecule has 1 amide bonds. The predicted molar refractivity (Wildman–Crippen MR) is 127 cm³/mol. The summed E-state index contributed by atoms with van der Waals surface area (Å²) in [5.74, 6) is -0.0609. The SMILES string of the molecule is COc1ccc2cc(CNc3ccccc3)c(=O)n(CC(=O)NCc3ccc(F)cc3)c2c1. The molecule has 0 saturated heterocycles. The number of hydrogen-bond donors (Lipinski definition) is 2. The molecule has 0 bridgehead atoms. The van der Waals surface area contributed by atoms with Crippen LogP contribution in [0.1, 0.15) is 11.1 Å². The third-order valence-electron chi connectivity index (χ3n) is 5.34. The second-order valence-electron chi connectivity index (χ2n) is 7.61. The molecule has 4 aromatic rings. The maximum atomic E-state index is 13.3. The van der Waals surface area contributed by atoms with E-state index in [1.807, 2.05) is 48.5 Å². The first kappa shape index (κ1) is 22.1. The fourth-order valence-corrected chi connectivity index (χ4v) is 3.58. The van der Waals surface area contributed by atoms with E-state index in [0.29, 0.717) is 23.4 Å². The Morgan fingerprint density at radius 1 is 0.970 bits per heavy atom. The zero-order chi connectivity index (χ0) is 23.2. The van der Waals surface area contributed by atoms with Gasteiger partial charge in [0.1, 0.15) is 18.1 Å². The Balaban J connectivity index is 1.60. The molecule has 7 heteroatoms. The first-order valence-electron chi connectivity index (χ1n) is 10.5. The molecule has 0 saturated carbocycles. The van der Waals surface area contributed by atoms with Crippen molar-refractivity contribution in [3.63, 3.8) is 0 Å². The normalized spacial score (nSPS) is 10.7. The lowest BCUT2D eigenvalue weighted by Gasteiger charge is -2.15. The number of ether oxygens (including phenoxy) is 1. The monoisotopic (exact) mass is 445 g/mol. The van der Waals surface area contributed by atoms with Gasteiger partial charge in [0.2, 0.25) is 5.91 Å². The minimum atomic E-state index is -0.335. The molecule has 0 aliphatic carbocycles. The summed E-state index contributed by atoms with van der Waals surface area (Å²) in [6, 6.07) is 22.8. The highest BCUT2D eigenvalue weighted by Gasteiger charge is 2.13. The molecular formula is C26H24FN3O3. The highest BCUT2D eigenvalue weighted by atomic mass is 19.1. The highest BCUT2D eigenvalue weighted by Crippen LogP contribution is 2.21. The number of aromatic nitrogens is 1. The van der Waals surface area contributed by atoms with E-state index in [9.17, 15) is 14.0 Å². The summed E-state index contributed by atoms with van der Waals surface area (Å²) in [5, 5.41) is 6.87. The number of para-hydroxylation sites is 1. The maximum absolute atomic E-state index is 13.3. The summed E-state index contributed by atoms with van der Waals surface area (Å²) in [5.41, 5.74) is 2.57. The van der Waals surface area contributed by atoms with E-state index in [1.165, 1.54) is 16.7 Å². The lowest BCUT2D eigenvalue weighted by Crippen LogP contribution is -2.33. The Kier molecular flexibility index (Phi) is 6.69. The molecule has 0 fully saturated rings. The summed E-state index contributed by atoms with van der Waals surface area (Å²) >= 11 is 0. The highest BCUT2D eigenvalue weighted by molar-refractivity contribution is 5.84. The number of nitrogens with zero attached hydrogens (tertiary/aromatic N) is 1. The number of fused-ring (bicyclic) bond motifs is 1. The Hall–Kier alpha value is -4.13. The Bertz CT molecular complexity index is 1320. The van der Waals surface area contributed by atoms with Gasteiger partial charge in [-0.05, 0) is 53.4 Å². The summed E-state index contributed by atoms with van der Waals surface area (Å²) in [6.45, 7) is 0.412. The second kappa shape index (κ2) is 9.99. The number of nitrogens with one attached hydrogen (secondary N) is 2. The van der Waals surface area contributed by atoms with Gasteiger partial charge < -0.3 is 15.4 Å². The standard InChI is InChI=1S/C26H24FN3O3/c1-33-23-12-9-19-13-20(16-28-22-5-3-2-4-6-22)26(32)30(24(19)14-23)17-25(31)29-15-18-7-10-21(27)11-8-18/h2-14,28H,15-17H2,1H3,(H,29,31). The number of pyridine rings is 1. The van der Waals surface area contributed by atoms with Gasteiger partial charge in [0.15, 0.2) is 0 Å². The number of methoxy groups -OCH3 is 1. The lowest BCUT2D eigenvalue weighted by atomic mass is 10.1. The van der Waals surface area contributed by atoms with E-state index in [1.54, 1.807) is 25.3 Å². The molecule has 0 aliphatic heterocycles. The van der Waals surface area contributed by atoms with Gasteiger partial charge in [0.25, 0.3) is 5.56 Å². The number of carbonyl (C=O) groups is 1. The van der Waals surface area contributed by atoms with Crippen LogP contribution < -0.4 is 20.9 Å². The van der Waals surface area contributed by atoms with E-state index in [4.69, 9.17) is 4.74 Å². The van der Waals surface area contributed by atoms with E-state index >= 15 is 0 Å². The molecule has 0 aliphatic rings. The average molecular weight is 445 g/mol. The van der Waals surface area contributed by atoms with Gasteiger partial charge in [0.05, 0.1) is 12.6 Å². The van der Waals surface area contributed by atoms with Gasteiger partial charge in [-0.15, -0.1) is 0 Å². The van der Waals surface area contributed by atoms with Crippen LogP contribution in [0.2, 0.25) is 0 Å². The molecule has 4 rings (SSSR count). The maximum Gasteiger partial charge on any atom is 0.256 e. The van der Waals surface area contributed by atoms with Crippen LogP contribution in [0.4, 0.5) is 10.1 Å². The van der Waals surface area contributed by atoms with Crippen LogP contribution in [0, 0.1) is 5.82 Å². The summed E-state index contributed by atoms with van der Waals surface area (Å²) < 4.78 is 19.9. The summed E-state index contributed by atoms with van der Waals surface area (Å²) in [4.78, 5) is 26.0. The van der Waals surface area contributed by atoms with E-state index in [0.717, 1.165) is 16.6 Å². The molecule has 33 heavy (non-hydrogen) atoms. The van der Waals surface area contributed by atoms with Gasteiger partial charge in [0, 0.05) is 30.4 Å². The van der Waals surface area contributed by atoms with Gasteiger partial charge in [-0.25, -0.2) is 4.39 Å². The van der Waals surface area contributed by atoms with Crippen LogP contribution in [0.3, 0.4) is 0 Å². The summed E-state index contributed by atoms with van der Waals surface area (Å²) in [6.07, 6.45) is 0. The van der Waals surface area contributed by atoms with Gasteiger partial charge >= 0.3 is 0 Å². The van der Waals surface area contributed by atoms with Crippen LogP contribution in [0.25, 0.3) is 10.9 Å². The number of carbonyl (C=O) groups excluding carboxylic acids is 1. The Morgan fingerprint density at radius 2 is 1.73 bits per heavy atom. The topological polar surface area (TPSA) is 72.4 Å². The van der Waals surface area contributed by atoms with Gasteiger partial charge in [-0.3, -0.25) is 14.2 Å². The third kappa shape index (κ3) is 5.38. The molecule has 0 unspecified atom stereocenters. The van der Waals surface area contributed by atoms with E-state index in [-0.39, 0.29) is 30.4 Å². The number of anilines is 1. The zero-order valence-corrected chi connectivity index (χ0v) is 18.2. The minimum Gasteiger partial charge on any atom is -0.497 e. The first-order chi connectivity index (χ1) is 16.0. The van der Waals surface area contributed by atoms with Crippen LogP contribution >= 0.6 is 0 Å². The van der Waals surface area contributed by atoms with Crippen molar-refractivity contribution < 1.29 is 13.9 Å². The molecule has 6 nitrogen and oxygen atoms in total. The minimum absolute atomic E-state index is 0.150. The zero-order valence-electron chi connectivity index (χ0n) is 18.2. The molecule has 1 heterocycles. The molecule has 3 aromatic carbocycles. The molecular weight excluding hydrogens is 421 g/mol. The van der Waals surface area contributed by atoms with Crippen LogP contribution in [0.15, 0.2) is 83.7 Å². The predicted octanol–water partition coefficient (Wildman–Crippen LogP) is 4.08. The van der Waals surface area contributed by atoms with Crippen molar-refractivity contribution in [3.8, 4) is 5.75 Å².